The Labute approximate surface area is 127 Å². The summed E-state index contributed by atoms with van der Waals surface area (Å²) in [6.07, 6.45) is 6.26. The first-order valence-corrected chi connectivity index (χ1v) is 8.87. The van der Waals surface area contributed by atoms with Gasteiger partial charge in [0.25, 0.3) is 0 Å². The number of hydrogen-bond donors (Lipinski definition) is 1. The third kappa shape index (κ3) is 2.79. The Hall–Kier alpha value is 0.295. The van der Waals surface area contributed by atoms with E-state index in [0.29, 0.717) is 16.8 Å². The van der Waals surface area contributed by atoms with E-state index in [4.69, 9.17) is 9.31 Å². The van der Waals surface area contributed by atoms with Crippen molar-refractivity contribution in [3.8, 4) is 0 Å². The molecule has 3 fully saturated rings. The summed E-state index contributed by atoms with van der Waals surface area (Å²) in [4.78, 5) is 0. The minimum absolute atomic E-state index is 0.270. The van der Waals surface area contributed by atoms with Crippen LogP contribution in [0.3, 0.4) is 0 Å². The van der Waals surface area contributed by atoms with Crippen molar-refractivity contribution in [3.05, 3.63) is 0 Å². The Morgan fingerprint density at radius 2 is 1.55 bits per heavy atom. The van der Waals surface area contributed by atoms with E-state index in [9.17, 15) is 5.11 Å². The molecule has 2 unspecified atom stereocenters. The van der Waals surface area contributed by atoms with Gasteiger partial charge in [-0.05, 0) is 53.4 Å². The fourth-order valence-corrected chi connectivity index (χ4v) is 5.70. The molecule has 114 valence electrons. The molecule has 20 heavy (non-hydrogen) atoms. The van der Waals surface area contributed by atoms with Gasteiger partial charge in [-0.25, -0.2) is 0 Å². The average molecular weight is 298 g/mol. The molecular weight excluding hydrogens is 271 g/mol. The molecule has 3 aliphatic heterocycles. The lowest BCUT2D eigenvalue weighted by molar-refractivity contribution is 0.00578. The van der Waals surface area contributed by atoms with Crippen molar-refractivity contribution < 1.29 is 14.4 Å². The lowest BCUT2D eigenvalue weighted by atomic mass is 9.69. The number of aliphatic hydroxyl groups is 1. The Balaban J connectivity index is 1.66. The largest absolute Gasteiger partial charge is 0.460 e. The van der Waals surface area contributed by atoms with Gasteiger partial charge in [-0.2, -0.15) is 11.8 Å². The fraction of sp³-hybridized carbons (Fsp3) is 1.00. The van der Waals surface area contributed by atoms with Crippen molar-refractivity contribution >= 4 is 18.9 Å². The average Bonchev–Trinajstić information content (AvgIpc) is 2.44. The van der Waals surface area contributed by atoms with Crippen molar-refractivity contribution in [3.63, 3.8) is 0 Å². The van der Waals surface area contributed by atoms with E-state index in [0.717, 1.165) is 12.8 Å². The smallest absolute Gasteiger partial charge is 0.403 e. The second-order valence-electron chi connectivity index (χ2n) is 7.83. The molecule has 0 amide bonds. The first-order chi connectivity index (χ1) is 9.19. The van der Waals surface area contributed by atoms with E-state index in [2.05, 4.69) is 39.5 Å². The van der Waals surface area contributed by atoms with Crippen molar-refractivity contribution in [1.29, 1.82) is 0 Å². The number of thioether (sulfide) groups is 1. The van der Waals surface area contributed by atoms with Crippen molar-refractivity contribution in [1.82, 2.24) is 0 Å². The van der Waals surface area contributed by atoms with E-state index in [1.165, 1.54) is 19.3 Å². The normalized spacial score (nSPS) is 42.8. The Kier molecular flexibility index (Phi) is 3.73. The summed E-state index contributed by atoms with van der Waals surface area (Å²) in [5.41, 5.74) is -1.19. The zero-order valence-corrected chi connectivity index (χ0v) is 14.0. The van der Waals surface area contributed by atoms with E-state index >= 15 is 0 Å². The topological polar surface area (TPSA) is 38.7 Å². The van der Waals surface area contributed by atoms with E-state index in [1.54, 1.807) is 0 Å². The van der Waals surface area contributed by atoms with E-state index in [1.807, 2.05) is 0 Å². The van der Waals surface area contributed by atoms with Crippen molar-refractivity contribution in [2.45, 2.75) is 93.4 Å². The summed E-state index contributed by atoms with van der Waals surface area (Å²) in [5, 5.41) is 12.3. The maximum Gasteiger partial charge on any atom is 0.460 e. The van der Waals surface area contributed by atoms with Crippen LogP contribution in [-0.4, -0.2) is 39.5 Å². The Bertz CT molecular complexity index is 357. The predicted octanol–water partition coefficient (Wildman–Crippen LogP) is 3.26. The summed E-state index contributed by atoms with van der Waals surface area (Å²) >= 11 is 2.09. The van der Waals surface area contributed by atoms with Crippen molar-refractivity contribution in [2.75, 3.05) is 0 Å². The molecule has 1 N–H and O–H groups in total. The quantitative estimate of drug-likeness (QED) is 0.794. The van der Waals surface area contributed by atoms with Gasteiger partial charge < -0.3 is 14.4 Å². The maximum atomic E-state index is 11.0. The molecule has 0 aromatic rings. The molecule has 3 nitrogen and oxygen atoms in total. The minimum Gasteiger partial charge on any atom is -0.403 e. The molecule has 0 spiro atoms. The van der Waals surface area contributed by atoms with Gasteiger partial charge in [0.2, 0.25) is 0 Å². The number of hydrogen-bond acceptors (Lipinski definition) is 4. The second kappa shape index (κ2) is 4.90. The van der Waals surface area contributed by atoms with Crippen LogP contribution in [0, 0.1) is 0 Å². The molecule has 2 bridgehead atoms. The number of rotatable bonds is 2. The molecule has 0 radical (unpaired) electrons. The lowest BCUT2D eigenvalue weighted by Crippen LogP contribution is -2.45. The molecule has 5 heteroatoms. The highest BCUT2D eigenvalue weighted by Gasteiger charge is 2.54. The monoisotopic (exact) mass is 298 g/mol. The molecule has 3 heterocycles. The third-order valence-corrected chi connectivity index (χ3v) is 7.08. The summed E-state index contributed by atoms with van der Waals surface area (Å²) in [6.45, 7) is 8.29. The highest BCUT2D eigenvalue weighted by Crippen LogP contribution is 2.48. The van der Waals surface area contributed by atoms with Crippen LogP contribution in [0.4, 0.5) is 0 Å². The molecule has 3 saturated heterocycles. The summed E-state index contributed by atoms with van der Waals surface area (Å²) in [7, 11) is -0.270. The highest BCUT2D eigenvalue weighted by molar-refractivity contribution is 8.00. The molecule has 2 atom stereocenters. The van der Waals surface area contributed by atoms with Gasteiger partial charge >= 0.3 is 7.12 Å². The summed E-state index contributed by atoms with van der Waals surface area (Å²) in [5.74, 6) is 0. The van der Waals surface area contributed by atoms with Crippen LogP contribution in [0.25, 0.3) is 0 Å². The van der Waals surface area contributed by atoms with Crippen LogP contribution in [0.2, 0.25) is 6.32 Å². The molecule has 0 aliphatic carbocycles. The zero-order chi connectivity index (χ0) is 14.6. The van der Waals surface area contributed by atoms with Crippen LogP contribution in [0.15, 0.2) is 0 Å². The molecule has 0 aromatic carbocycles. The van der Waals surface area contributed by atoms with Gasteiger partial charge in [0.05, 0.1) is 16.8 Å². The SMILES string of the molecule is CC1(C)OB(CC2(O)CC3CCCC(C2)S3)OC1(C)C. The van der Waals surface area contributed by atoms with Crippen LogP contribution >= 0.6 is 11.8 Å². The highest BCUT2D eigenvalue weighted by atomic mass is 32.2. The molecule has 3 aliphatic rings. The summed E-state index contributed by atoms with van der Waals surface area (Å²) in [6, 6.07) is 0. The Morgan fingerprint density at radius 3 is 2.05 bits per heavy atom. The molecule has 0 aromatic heterocycles. The van der Waals surface area contributed by atoms with Crippen molar-refractivity contribution in [2.24, 2.45) is 0 Å². The molecular formula is C15H27BO3S. The van der Waals surface area contributed by atoms with Gasteiger partial charge in [0.1, 0.15) is 0 Å². The van der Waals surface area contributed by atoms with Crippen LogP contribution in [0.1, 0.15) is 59.8 Å². The van der Waals surface area contributed by atoms with Gasteiger partial charge in [-0.1, -0.05) is 6.42 Å². The van der Waals surface area contributed by atoms with Crippen LogP contribution < -0.4 is 0 Å². The standard InChI is InChI=1S/C15H27BO3S/c1-13(2)14(3,4)19-16(18-13)10-15(17)8-11-6-5-7-12(9-15)20-11/h11-12,17H,5-10H2,1-4H3. The molecule has 0 saturated carbocycles. The van der Waals surface area contributed by atoms with Gasteiger partial charge in [-0.15, -0.1) is 0 Å². The maximum absolute atomic E-state index is 11.0. The van der Waals surface area contributed by atoms with Crippen LogP contribution in [0.5, 0.6) is 0 Å². The second-order valence-corrected chi connectivity index (χ2v) is 9.44. The fourth-order valence-electron chi connectivity index (χ4n) is 3.74. The zero-order valence-electron chi connectivity index (χ0n) is 13.1. The molecule has 3 rings (SSSR count). The number of fused-ring (bicyclic) bond motifs is 2. The van der Waals surface area contributed by atoms with E-state index in [-0.39, 0.29) is 18.3 Å². The lowest BCUT2D eigenvalue weighted by Gasteiger charge is -2.44. The van der Waals surface area contributed by atoms with Crippen LogP contribution in [-0.2, 0) is 9.31 Å². The first-order valence-electron chi connectivity index (χ1n) is 7.93. The minimum atomic E-state index is -0.595. The summed E-state index contributed by atoms with van der Waals surface area (Å²) < 4.78 is 12.1. The third-order valence-electron chi connectivity index (χ3n) is 5.50. The predicted molar refractivity (Wildman–Crippen MR) is 84.1 cm³/mol. The van der Waals surface area contributed by atoms with Gasteiger partial charge in [0, 0.05) is 16.8 Å². The Morgan fingerprint density at radius 1 is 1.05 bits per heavy atom. The first kappa shape index (κ1) is 15.2. The van der Waals surface area contributed by atoms with E-state index < -0.39 is 5.60 Å². The van der Waals surface area contributed by atoms with Gasteiger partial charge in [-0.3, -0.25) is 0 Å². The van der Waals surface area contributed by atoms with Gasteiger partial charge in [0.15, 0.2) is 0 Å².